The van der Waals surface area contributed by atoms with Gasteiger partial charge < -0.3 is 5.32 Å². The zero-order valence-electron chi connectivity index (χ0n) is 17.6. The molecule has 1 N–H and O–H groups in total. The molecule has 0 saturated carbocycles. The molecule has 32 heavy (non-hydrogen) atoms. The van der Waals surface area contributed by atoms with Gasteiger partial charge in [0, 0.05) is 0 Å². The number of hydrogen-bond donors (Lipinski definition) is 1. The van der Waals surface area contributed by atoms with Crippen molar-refractivity contribution in [3.8, 4) is 10.7 Å². The lowest BCUT2D eigenvalue weighted by Crippen LogP contribution is -2.32. The molecular weight excluding hydrogens is 436 g/mol. The molecule has 2 aromatic heterocycles. The van der Waals surface area contributed by atoms with Crippen LogP contribution in [0, 0.1) is 0 Å². The molecule has 1 atom stereocenters. The number of aromatic nitrogens is 3. The van der Waals surface area contributed by atoms with Crippen molar-refractivity contribution >= 4 is 29.0 Å². The van der Waals surface area contributed by atoms with Crippen LogP contribution in [0.4, 0.5) is 0 Å². The summed E-state index contributed by atoms with van der Waals surface area (Å²) in [5.41, 5.74) is 3.78. The number of carbonyl (C=O) groups excluding carboxylic acids is 1. The molecule has 0 fully saturated rings. The molecule has 7 heteroatoms. The van der Waals surface area contributed by atoms with Gasteiger partial charge in [-0.3, -0.25) is 9.36 Å². The highest BCUT2D eigenvalue weighted by Crippen LogP contribution is 2.30. The largest absolute Gasteiger partial charge is 0.349 e. The molecule has 1 aliphatic carbocycles. The molecule has 0 bridgehead atoms. The quantitative estimate of drug-likeness (QED) is 0.378. The molecule has 1 aliphatic rings. The normalized spacial score (nSPS) is 15.3. The van der Waals surface area contributed by atoms with Crippen molar-refractivity contribution in [1.29, 1.82) is 0 Å². The van der Waals surface area contributed by atoms with Crippen molar-refractivity contribution in [1.82, 2.24) is 20.1 Å². The molecule has 4 aromatic rings. The third-order valence-corrected chi connectivity index (χ3v) is 7.51. The summed E-state index contributed by atoms with van der Waals surface area (Å²) < 4.78 is 2.11. The van der Waals surface area contributed by atoms with Crippen molar-refractivity contribution in [3.05, 3.63) is 88.8 Å². The van der Waals surface area contributed by atoms with Crippen LogP contribution in [0.1, 0.15) is 35.6 Å². The molecule has 5 rings (SSSR count). The van der Waals surface area contributed by atoms with Crippen LogP contribution >= 0.6 is 23.1 Å². The second-order valence-electron chi connectivity index (χ2n) is 7.86. The fraction of sp³-hybridized carbons (Fsp3) is 0.240. The SMILES string of the molecule is O=C(CSc1nnc(-c2cccs2)n1Cc1ccccc1)N[C@H]1CCCc2ccccc21. The molecule has 0 saturated heterocycles. The lowest BCUT2D eigenvalue weighted by molar-refractivity contribution is -0.119. The summed E-state index contributed by atoms with van der Waals surface area (Å²) in [5, 5.41) is 14.9. The first-order valence-electron chi connectivity index (χ1n) is 10.8. The molecular formula is C25H24N4OS2. The second-order valence-corrected chi connectivity index (χ2v) is 9.75. The van der Waals surface area contributed by atoms with Crippen LogP contribution in [0.25, 0.3) is 10.7 Å². The number of fused-ring (bicyclic) bond motifs is 1. The Hall–Kier alpha value is -2.90. The van der Waals surface area contributed by atoms with Gasteiger partial charge in [-0.15, -0.1) is 21.5 Å². The van der Waals surface area contributed by atoms with Crippen molar-refractivity contribution in [2.75, 3.05) is 5.75 Å². The van der Waals surface area contributed by atoms with Gasteiger partial charge in [-0.1, -0.05) is 72.4 Å². The van der Waals surface area contributed by atoms with E-state index in [9.17, 15) is 4.79 Å². The van der Waals surface area contributed by atoms with Gasteiger partial charge in [-0.05, 0) is 47.4 Å². The predicted molar refractivity (Wildman–Crippen MR) is 130 cm³/mol. The Bertz CT molecular complexity index is 1190. The standard InChI is InChI=1S/C25H24N4OS2/c30-23(26-21-13-6-11-19-10-4-5-12-20(19)21)17-32-25-28-27-24(22-14-7-15-31-22)29(25)16-18-8-2-1-3-9-18/h1-5,7-10,12,14-15,21H,6,11,13,16-17H2,(H,26,30)/t21-/m0/s1. The highest BCUT2D eigenvalue weighted by Gasteiger charge is 2.22. The van der Waals surface area contributed by atoms with Crippen molar-refractivity contribution in [2.45, 2.75) is 37.0 Å². The fourth-order valence-electron chi connectivity index (χ4n) is 4.16. The predicted octanol–water partition coefficient (Wildman–Crippen LogP) is 5.34. The van der Waals surface area contributed by atoms with Gasteiger partial charge in [0.1, 0.15) is 0 Å². The maximum atomic E-state index is 12.8. The number of thioether (sulfide) groups is 1. The molecule has 5 nitrogen and oxygen atoms in total. The highest BCUT2D eigenvalue weighted by atomic mass is 32.2. The average Bonchev–Trinajstić information content (AvgIpc) is 3.49. The van der Waals surface area contributed by atoms with E-state index in [0.717, 1.165) is 35.1 Å². The van der Waals surface area contributed by atoms with E-state index in [1.165, 1.54) is 28.5 Å². The van der Waals surface area contributed by atoms with Gasteiger partial charge in [-0.25, -0.2) is 0 Å². The summed E-state index contributed by atoms with van der Waals surface area (Å²) in [7, 11) is 0. The zero-order valence-corrected chi connectivity index (χ0v) is 19.2. The second kappa shape index (κ2) is 9.71. The first-order valence-corrected chi connectivity index (χ1v) is 12.7. The zero-order chi connectivity index (χ0) is 21.8. The molecule has 0 unspecified atom stereocenters. The molecule has 2 heterocycles. The number of hydrogen-bond acceptors (Lipinski definition) is 5. The van der Waals surface area contributed by atoms with Gasteiger partial charge in [0.2, 0.25) is 5.91 Å². The summed E-state index contributed by atoms with van der Waals surface area (Å²) in [5.74, 6) is 1.19. The van der Waals surface area contributed by atoms with Gasteiger partial charge in [0.05, 0.1) is 23.2 Å². The highest BCUT2D eigenvalue weighted by molar-refractivity contribution is 7.99. The van der Waals surface area contributed by atoms with Crippen LogP contribution in [-0.4, -0.2) is 26.4 Å². The van der Waals surface area contributed by atoms with Crippen molar-refractivity contribution < 1.29 is 4.79 Å². The van der Waals surface area contributed by atoms with Crippen molar-refractivity contribution in [2.24, 2.45) is 0 Å². The number of nitrogens with zero attached hydrogens (tertiary/aromatic N) is 3. The molecule has 0 radical (unpaired) electrons. The Morgan fingerprint density at radius 2 is 1.91 bits per heavy atom. The first-order chi connectivity index (χ1) is 15.8. The molecule has 0 spiro atoms. The number of benzene rings is 2. The molecule has 162 valence electrons. The summed E-state index contributed by atoms with van der Waals surface area (Å²) in [6.07, 6.45) is 3.18. The van der Waals surface area contributed by atoms with Crippen LogP contribution < -0.4 is 5.32 Å². The number of thiophene rings is 1. The topological polar surface area (TPSA) is 59.8 Å². The van der Waals surface area contributed by atoms with Gasteiger partial charge in [0.15, 0.2) is 11.0 Å². The van der Waals surface area contributed by atoms with Crippen LogP contribution in [0.3, 0.4) is 0 Å². The van der Waals surface area contributed by atoms with E-state index in [-0.39, 0.29) is 11.9 Å². The Balaban J connectivity index is 1.31. The lowest BCUT2D eigenvalue weighted by atomic mass is 9.88. The maximum absolute atomic E-state index is 12.8. The van der Waals surface area contributed by atoms with Gasteiger partial charge >= 0.3 is 0 Å². The lowest BCUT2D eigenvalue weighted by Gasteiger charge is -2.26. The van der Waals surface area contributed by atoms with Crippen LogP contribution in [0.15, 0.2) is 77.3 Å². The monoisotopic (exact) mass is 460 g/mol. The van der Waals surface area contributed by atoms with Gasteiger partial charge in [-0.2, -0.15) is 0 Å². The van der Waals surface area contributed by atoms with E-state index >= 15 is 0 Å². The fourth-order valence-corrected chi connectivity index (χ4v) is 5.63. The van der Waals surface area contributed by atoms with E-state index in [1.807, 2.05) is 29.6 Å². The molecule has 2 aromatic carbocycles. The third-order valence-electron chi connectivity index (χ3n) is 5.68. The number of rotatable bonds is 7. The van der Waals surface area contributed by atoms with E-state index < -0.39 is 0 Å². The van der Waals surface area contributed by atoms with Crippen LogP contribution in [0.2, 0.25) is 0 Å². The van der Waals surface area contributed by atoms with E-state index in [2.05, 4.69) is 62.5 Å². The summed E-state index contributed by atoms with van der Waals surface area (Å²) in [6, 6.07) is 22.9. The summed E-state index contributed by atoms with van der Waals surface area (Å²) in [6.45, 7) is 0.668. The van der Waals surface area contributed by atoms with E-state index in [4.69, 9.17) is 0 Å². The number of aryl methyl sites for hydroxylation is 1. The maximum Gasteiger partial charge on any atom is 0.230 e. The first kappa shape index (κ1) is 21.0. The smallest absolute Gasteiger partial charge is 0.230 e. The molecule has 1 amide bonds. The minimum absolute atomic E-state index is 0.0311. The number of nitrogens with one attached hydrogen (secondary N) is 1. The van der Waals surface area contributed by atoms with E-state index in [0.29, 0.717) is 12.3 Å². The van der Waals surface area contributed by atoms with E-state index in [1.54, 1.807) is 11.3 Å². The summed E-state index contributed by atoms with van der Waals surface area (Å²) >= 11 is 3.09. The van der Waals surface area contributed by atoms with Crippen LogP contribution in [-0.2, 0) is 17.8 Å². The Labute approximate surface area is 195 Å². The Morgan fingerprint density at radius 1 is 1.06 bits per heavy atom. The van der Waals surface area contributed by atoms with Crippen LogP contribution in [0.5, 0.6) is 0 Å². The third kappa shape index (κ3) is 4.64. The minimum Gasteiger partial charge on any atom is -0.349 e. The van der Waals surface area contributed by atoms with Crippen molar-refractivity contribution in [3.63, 3.8) is 0 Å². The minimum atomic E-state index is 0.0311. The average molecular weight is 461 g/mol. The number of carbonyl (C=O) groups is 1. The Kier molecular flexibility index (Phi) is 6.36. The Morgan fingerprint density at radius 3 is 2.75 bits per heavy atom. The van der Waals surface area contributed by atoms with Gasteiger partial charge in [0.25, 0.3) is 0 Å². The molecule has 0 aliphatic heterocycles. The number of amides is 1. The summed E-state index contributed by atoms with van der Waals surface area (Å²) in [4.78, 5) is 13.9.